The number of amides is 1. The molecular weight excluding hydrogens is 340 g/mol. The molecule has 5 rings (SSSR count). The Morgan fingerprint density at radius 3 is 2.36 bits per heavy atom. The molecule has 4 aliphatic carbocycles. The van der Waals surface area contributed by atoms with Crippen molar-refractivity contribution >= 4 is 21.8 Å². The monoisotopic (exact) mass is 364 g/mol. The summed E-state index contributed by atoms with van der Waals surface area (Å²) in [5.74, 6) is 2.21. The van der Waals surface area contributed by atoms with Crippen LogP contribution >= 0.6 is 15.9 Å². The average molecular weight is 365 g/mol. The zero-order valence-corrected chi connectivity index (χ0v) is 14.8. The van der Waals surface area contributed by atoms with Gasteiger partial charge in [0.25, 0.3) is 0 Å². The number of carbonyl (C=O) groups is 1. The Hall–Kier alpha value is -0.560. The Kier molecular flexibility index (Phi) is 3.56. The lowest BCUT2D eigenvalue weighted by Crippen LogP contribution is -2.54. The summed E-state index contributed by atoms with van der Waals surface area (Å²) >= 11 is 4.03. The third-order valence-electron chi connectivity index (χ3n) is 6.67. The lowest BCUT2D eigenvalue weighted by Gasteiger charge is -2.60. The van der Waals surface area contributed by atoms with Crippen molar-refractivity contribution in [3.8, 4) is 6.07 Å². The van der Waals surface area contributed by atoms with Gasteiger partial charge in [0.2, 0.25) is 5.91 Å². The van der Waals surface area contributed by atoms with Gasteiger partial charge in [0.1, 0.15) is 0 Å². The van der Waals surface area contributed by atoms with Gasteiger partial charge >= 0.3 is 0 Å². The number of hydrogen-bond donors (Lipinski definition) is 0. The van der Waals surface area contributed by atoms with Crippen molar-refractivity contribution in [3.63, 3.8) is 0 Å². The van der Waals surface area contributed by atoms with Crippen LogP contribution in [0.4, 0.5) is 0 Å². The fraction of sp³-hybridized carbons (Fsp3) is 0.889. The van der Waals surface area contributed by atoms with E-state index in [9.17, 15) is 4.79 Å². The maximum Gasteiger partial charge on any atom is 0.223 e. The molecule has 2 atom stereocenters. The van der Waals surface area contributed by atoms with Crippen LogP contribution in [0.25, 0.3) is 0 Å². The molecule has 2 unspecified atom stereocenters. The summed E-state index contributed by atoms with van der Waals surface area (Å²) in [7, 11) is 0. The molecule has 0 aromatic carbocycles. The van der Waals surface area contributed by atoms with E-state index in [0.29, 0.717) is 10.2 Å². The van der Waals surface area contributed by atoms with Crippen LogP contribution in [-0.2, 0) is 4.79 Å². The van der Waals surface area contributed by atoms with E-state index >= 15 is 0 Å². The van der Waals surface area contributed by atoms with E-state index in [1.54, 1.807) is 0 Å². The van der Waals surface area contributed by atoms with E-state index in [-0.39, 0.29) is 11.3 Å². The lowest BCUT2D eigenvalue weighted by atomic mass is 9.48. The van der Waals surface area contributed by atoms with Crippen LogP contribution in [0.1, 0.15) is 57.8 Å². The van der Waals surface area contributed by atoms with Crippen molar-refractivity contribution in [1.82, 2.24) is 4.90 Å². The molecule has 5 aliphatic rings. The highest BCUT2D eigenvalue weighted by Gasteiger charge is 2.57. The van der Waals surface area contributed by atoms with Gasteiger partial charge in [0, 0.05) is 29.8 Å². The van der Waals surface area contributed by atoms with E-state index in [0.717, 1.165) is 44.2 Å². The van der Waals surface area contributed by atoms with Crippen LogP contribution in [-0.4, -0.2) is 28.2 Å². The van der Waals surface area contributed by atoms with Crippen LogP contribution in [0.2, 0.25) is 0 Å². The number of hydrogen-bond acceptors (Lipinski definition) is 2. The second kappa shape index (κ2) is 5.23. The van der Waals surface area contributed by atoms with Gasteiger partial charge in [-0.15, -0.1) is 0 Å². The Morgan fingerprint density at radius 2 is 1.82 bits per heavy atom. The maximum atomic E-state index is 12.8. The van der Waals surface area contributed by atoms with E-state index in [1.165, 1.54) is 38.5 Å². The molecule has 1 heterocycles. The number of halogens is 1. The predicted octanol–water partition coefficient (Wildman–Crippen LogP) is 3.87. The van der Waals surface area contributed by atoms with Gasteiger partial charge in [-0.1, -0.05) is 15.9 Å². The summed E-state index contributed by atoms with van der Waals surface area (Å²) < 4.78 is 0.338. The van der Waals surface area contributed by atoms with Gasteiger partial charge in [0.05, 0.1) is 6.07 Å². The van der Waals surface area contributed by atoms with Gasteiger partial charge in [-0.2, -0.15) is 5.26 Å². The molecule has 1 saturated heterocycles. The predicted molar refractivity (Wildman–Crippen MR) is 88.3 cm³/mol. The van der Waals surface area contributed by atoms with Crippen LogP contribution in [0.5, 0.6) is 0 Å². The summed E-state index contributed by atoms with van der Waals surface area (Å²) in [6, 6.07) is 2.35. The van der Waals surface area contributed by atoms with Crippen molar-refractivity contribution in [2.75, 3.05) is 13.1 Å². The molecule has 4 bridgehead atoms. The minimum Gasteiger partial charge on any atom is -0.343 e. The molecule has 0 aromatic rings. The van der Waals surface area contributed by atoms with Crippen molar-refractivity contribution < 1.29 is 4.79 Å². The third kappa shape index (κ3) is 2.60. The van der Waals surface area contributed by atoms with Gasteiger partial charge in [-0.05, 0) is 68.6 Å². The molecule has 0 radical (unpaired) electrons. The molecule has 3 nitrogen and oxygen atoms in total. The summed E-state index contributed by atoms with van der Waals surface area (Å²) in [6.07, 6.45) is 10.3. The molecule has 1 amide bonds. The highest BCUT2D eigenvalue weighted by atomic mass is 79.9. The molecule has 0 spiro atoms. The standard InChI is InChI=1S/C18H25BrN2O/c19-18-8-14-5-15(9-18)7-17(6-14,12-18)10-16(22)21-3-1-13(11-20)2-4-21/h13-15H,1-10,12H2. The smallest absolute Gasteiger partial charge is 0.223 e. The second-order valence-corrected chi connectivity index (χ2v) is 10.3. The Balaban J connectivity index is 1.43. The zero-order valence-electron chi connectivity index (χ0n) is 13.2. The lowest BCUT2D eigenvalue weighted by molar-refractivity contribution is -0.139. The molecule has 1 aliphatic heterocycles. The summed E-state index contributed by atoms with van der Waals surface area (Å²) in [4.78, 5) is 14.8. The molecule has 22 heavy (non-hydrogen) atoms. The normalized spacial score (nSPS) is 44.1. The topological polar surface area (TPSA) is 44.1 Å². The number of piperidine rings is 1. The molecule has 0 aromatic heterocycles. The van der Waals surface area contributed by atoms with Gasteiger partial charge in [-0.3, -0.25) is 4.79 Å². The van der Waals surface area contributed by atoms with Crippen LogP contribution in [0, 0.1) is 34.5 Å². The summed E-state index contributed by atoms with van der Waals surface area (Å²) in [5, 5.41) is 9.00. The van der Waals surface area contributed by atoms with Crippen LogP contribution < -0.4 is 0 Å². The first kappa shape index (κ1) is 15.0. The SMILES string of the molecule is N#CC1CCN(C(=O)CC23CC4CC(CC(Br)(C4)C2)C3)CC1. The summed E-state index contributed by atoms with van der Waals surface area (Å²) in [5.41, 5.74) is 0.275. The molecule has 120 valence electrons. The molecule has 4 saturated carbocycles. The third-order valence-corrected chi connectivity index (χ3v) is 7.60. The largest absolute Gasteiger partial charge is 0.343 e. The maximum absolute atomic E-state index is 12.8. The van der Waals surface area contributed by atoms with Gasteiger partial charge < -0.3 is 4.90 Å². The minimum absolute atomic E-state index is 0.161. The number of carbonyl (C=O) groups excluding carboxylic acids is 1. The number of rotatable bonds is 2. The van der Waals surface area contributed by atoms with Crippen molar-refractivity contribution in [1.29, 1.82) is 5.26 Å². The van der Waals surface area contributed by atoms with Crippen molar-refractivity contribution in [2.45, 2.75) is 62.1 Å². The fourth-order valence-corrected chi connectivity index (χ4v) is 7.74. The number of alkyl halides is 1. The molecule has 0 N–H and O–H groups in total. The van der Waals surface area contributed by atoms with Gasteiger partial charge in [-0.25, -0.2) is 0 Å². The van der Waals surface area contributed by atoms with E-state index in [4.69, 9.17) is 5.26 Å². The number of likely N-dealkylation sites (tertiary alicyclic amines) is 1. The molecule has 5 fully saturated rings. The first-order chi connectivity index (χ1) is 10.5. The summed E-state index contributed by atoms with van der Waals surface area (Å²) in [6.45, 7) is 1.58. The van der Waals surface area contributed by atoms with Crippen LogP contribution in [0.3, 0.4) is 0 Å². The highest BCUT2D eigenvalue weighted by Crippen LogP contribution is 2.65. The Labute approximate surface area is 141 Å². The Bertz CT molecular complexity index is 504. The minimum atomic E-state index is 0.161. The van der Waals surface area contributed by atoms with E-state index < -0.39 is 0 Å². The second-order valence-electron chi connectivity index (χ2n) is 8.57. The number of nitriles is 1. The van der Waals surface area contributed by atoms with Gasteiger partial charge in [0.15, 0.2) is 0 Å². The van der Waals surface area contributed by atoms with Crippen molar-refractivity contribution in [2.24, 2.45) is 23.2 Å². The average Bonchev–Trinajstić information content (AvgIpc) is 2.44. The highest BCUT2D eigenvalue weighted by molar-refractivity contribution is 9.10. The quantitative estimate of drug-likeness (QED) is 0.698. The first-order valence-corrected chi connectivity index (χ1v) is 9.65. The Morgan fingerprint density at radius 1 is 1.18 bits per heavy atom. The fourth-order valence-electron chi connectivity index (χ4n) is 6.23. The van der Waals surface area contributed by atoms with Crippen LogP contribution in [0.15, 0.2) is 0 Å². The molecular formula is C18H25BrN2O. The zero-order chi connectivity index (χ0) is 15.4. The number of nitrogens with zero attached hydrogens (tertiary/aromatic N) is 2. The molecule has 4 heteroatoms. The van der Waals surface area contributed by atoms with E-state index in [1.807, 2.05) is 4.90 Å². The van der Waals surface area contributed by atoms with E-state index in [2.05, 4.69) is 22.0 Å². The van der Waals surface area contributed by atoms with Crippen molar-refractivity contribution in [3.05, 3.63) is 0 Å². The first-order valence-electron chi connectivity index (χ1n) is 8.86.